The number of rotatable bonds is 4. The lowest BCUT2D eigenvalue weighted by Crippen LogP contribution is -2.20. The highest BCUT2D eigenvalue weighted by atomic mass is 16.6. The zero-order valence-electron chi connectivity index (χ0n) is 11.3. The molecule has 0 saturated heterocycles. The Labute approximate surface area is 109 Å². The molecule has 1 aromatic carbocycles. The Bertz CT molecular complexity index is 436. The molecule has 1 N–H and O–H groups in total. The van der Waals surface area contributed by atoms with Crippen LogP contribution in [0.1, 0.15) is 32.4 Å². The van der Waals surface area contributed by atoms with Crippen molar-refractivity contribution in [2.24, 2.45) is 0 Å². The first kappa shape index (κ1) is 13.0. The molecular weight excluding hydrogens is 226 g/mol. The quantitative estimate of drug-likeness (QED) is 0.829. The number of allylic oxidation sites excluding steroid dienone is 1. The second-order valence-corrected chi connectivity index (χ2v) is 4.68. The van der Waals surface area contributed by atoms with Gasteiger partial charge in [-0.05, 0) is 38.1 Å². The van der Waals surface area contributed by atoms with E-state index in [-0.39, 0.29) is 6.04 Å². The lowest BCUT2D eigenvalue weighted by molar-refractivity contribution is 0.171. The van der Waals surface area contributed by atoms with Gasteiger partial charge in [-0.1, -0.05) is 24.6 Å². The Morgan fingerprint density at radius 1 is 1.28 bits per heavy atom. The average molecular weight is 247 g/mol. The highest BCUT2D eigenvalue weighted by molar-refractivity contribution is 5.45. The summed E-state index contributed by atoms with van der Waals surface area (Å²) in [6, 6.07) is 6.39. The van der Waals surface area contributed by atoms with Gasteiger partial charge in [0.25, 0.3) is 0 Å². The third-order valence-electron chi connectivity index (χ3n) is 2.85. The predicted molar refractivity (Wildman–Crippen MR) is 73.3 cm³/mol. The minimum atomic E-state index is 0.232. The van der Waals surface area contributed by atoms with Crippen LogP contribution in [0.15, 0.2) is 29.8 Å². The van der Waals surface area contributed by atoms with Gasteiger partial charge in [0, 0.05) is 0 Å². The van der Waals surface area contributed by atoms with E-state index in [1.165, 1.54) is 11.1 Å². The third kappa shape index (κ3) is 3.05. The number of hydrogen-bond acceptors (Lipinski definition) is 3. The van der Waals surface area contributed by atoms with Crippen molar-refractivity contribution in [3.05, 3.63) is 35.4 Å². The van der Waals surface area contributed by atoms with E-state index in [0.29, 0.717) is 13.2 Å². The molecule has 0 aliphatic carbocycles. The Kier molecular flexibility index (Phi) is 4.26. The summed E-state index contributed by atoms with van der Waals surface area (Å²) in [7, 11) is 0. The summed E-state index contributed by atoms with van der Waals surface area (Å²) in [6.07, 6.45) is 2.23. The van der Waals surface area contributed by atoms with E-state index in [9.17, 15) is 0 Å². The molecule has 18 heavy (non-hydrogen) atoms. The zero-order valence-corrected chi connectivity index (χ0v) is 11.3. The fourth-order valence-electron chi connectivity index (χ4n) is 2.08. The Morgan fingerprint density at radius 2 is 2.00 bits per heavy atom. The molecule has 0 radical (unpaired) electrons. The first-order valence-electron chi connectivity index (χ1n) is 6.48. The summed E-state index contributed by atoms with van der Waals surface area (Å²) in [6.45, 7) is 8.54. The number of nitrogens with one attached hydrogen (secondary N) is 1. The molecule has 98 valence electrons. The van der Waals surface area contributed by atoms with Gasteiger partial charge in [-0.15, -0.1) is 0 Å². The lowest BCUT2D eigenvalue weighted by Gasteiger charge is -2.21. The molecule has 0 fully saturated rings. The average Bonchev–Trinajstić information content (AvgIpc) is 2.37. The second-order valence-electron chi connectivity index (χ2n) is 4.68. The number of benzene rings is 1. The van der Waals surface area contributed by atoms with E-state index in [1.54, 1.807) is 0 Å². The normalized spacial score (nSPS) is 15.1. The van der Waals surface area contributed by atoms with Crippen LogP contribution in [0, 0.1) is 0 Å². The van der Waals surface area contributed by atoms with Crippen molar-refractivity contribution in [1.29, 1.82) is 0 Å². The van der Waals surface area contributed by atoms with Crippen LogP contribution in [0.4, 0.5) is 0 Å². The fourth-order valence-corrected chi connectivity index (χ4v) is 2.08. The first-order valence-corrected chi connectivity index (χ1v) is 6.48. The zero-order chi connectivity index (χ0) is 13.0. The summed E-state index contributed by atoms with van der Waals surface area (Å²) in [4.78, 5) is 0. The van der Waals surface area contributed by atoms with Crippen LogP contribution in [0.2, 0.25) is 0 Å². The van der Waals surface area contributed by atoms with Crippen molar-refractivity contribution in [3.8, 4) is 11.5 Å². The van der Waals surface area contributed by atoms with Gasteiger partial charge in [0.15, 0.2) is 11.5 Å². The van der Waals surface area contributed by atoms with Crippen LogP contribution >= 0.6 is 0 Å². The molecule has 2 rings (SSSR count). The van der Waals surface area contributed by atoms with Gasteiger partial charge in [-0.25, -0.2) is 0 Å². The molecule has 3 nitrogen and oxygen atoms in total. The van der Waals surface area contributed by atoms with Crippen LogP contribution in [-0.2, 0) is 0 Å². The van der Waals surface area contributed by atoms with Crippen LogP contribution < -0.4 is 14.8 Å². The van der Waals surface area contributed by atoms with Crippen molar-refractivity contribution < 1.29 is 9.47 Å². The van der Waals surface area contributed by atoms with Crippen molar-refractivity contribution in [1.82, 2.24) is 5.32 Å². The first-order chi connectivity index (χ1) is 8.70. The number of likely N-dealkylation sites (N-methyl/N-ethyl adjacent to an activating group) is 1. The van der Waals surface area contributed by atoms with Crippen LogP contribution in [0.5, 0.6) is 11.5 Å². The molecule has 0 spiro atoms. The molecule has 3 heteroatoms. The monoisotopic (exact) mass is 247 g/mol. The molecule has 1 aliphatic heterocycles. The molecule has 1 aliphatic rings. The molecular formula is C15H21NO2. The summed E-state index contributed by atoms with van der Waals surface area (Å²) in [5, 5.41) is 3.46. The van der Waals surface area contributed by atoms with Gasteiger partial charge in [0.1, 0.15) is 13.2 Å². The lowest BCUT2D eigenvalue weighted by atomic mass is 10.0. The van der Waals surface area contributed by atoms with Crippen LogP contribution in [0.25, 0.3) is 0 Å². The van der Waals surface area contributed by atoms with Crippen LogP contribution in [0.3, 0.4) is 0 Å². The minimum Gasteiger partial charge on any atom is -0.486 e. The van der Waals surface area contributed by atoms with Gasteiger partial charge in [-0.2, -0.15) is 0 Å². The molecule has 1 heterocycles. The number of fused-ring (bicyclic) bond motifs is 1. The van der Waals surface area contributed by atoms with Crippen molar-refractivity contribution >= 4 is 0 Å². The maximum atomic E-state index is 5.62. The Morgan fingerprint density at radius 3 is 2.67 bits per heavy atom. The Hall–Kier alpha value is -1.48. The van der Waals surface area contributed by atoms with E-state index in [2.05, 4.69) is 44.3 Å². The molecule has 0 bridgehead atoms. The highest BCUT2D eigenvalue weighted by Gasteiger charge is 2.15. The summed E-state index contributed by atoms with van der Waals surface area (Å²) in [5.74, 6) is 1.70. The fraction of sp³-hybridized carbons (Fsp3) is 0.467. The van der Waals surface area contributed by atoms with Gasteiger partial charge in [0.2, 0.25) is 0 Å². The predicted octanol–water partition coefficient (Wildman–Crippen LogP) is 3.07. The molecule has 0 aromatic heterocycles. The third-order valence-corrected chi connectivity index (χ3v) is 2.85. The van der Waals surface area contributed by atoms with Gasteiger partial charge < -0.3 is 14.8 Å². The van der Waals surface area contributed by atoms with E-state index in [0.717, 1.165) is 18.0 Å². The van der Waals surface area contributed by atoms with E-state index >= 15 is 0 Å². The topological polar surface area (TPSA) is 30.5 Å². The Balaban J connectivity index is 2.27. The summed E-state index contributed by atoms with van der Waals surface area (Å²) < 4.78 is 11.2. The van der Waals surface area contributed by atoms with Crippen molar-refractivity contribution in [2.45, 2.75) is 26.8 Å². The molecule has 0 amide bonds. The van der Waals surface area contributed by atoms with E-state index in [4.69, 9.17) is 9.47 Å². The maximum absolute atomic E-state index is 5.62. The van der Waals surface area contributed by atoms with Crippen molar-refractivity contribution in [2.75, 3.05) is 19.8 Å². The highest BCUT2D eigenvalue weighted by Crippen LogP contribution is 2.33. The van der Waals surface area contributed by atoms with Gasteiger partial charge >= 0.3 is 0 Å². The van der Waals surface area contributed by atoms with Gasteiger partial charge in [0.05, 0.1) is 6.04 Å². The summed E-state index contributed by atoms with van der Waals surface area (Å²) in [5.41, 5.74) is 2.51. The van der Waals surface area contributed by atoms with E-state index in [1.807, 2.05) is 6.07 Å². The largest absolute Gasteiger partial charge is 0.486 e. The van der Waals surface area contributed by atoms with E-state index < -0.39 is 0 Å². The molecule has 1 atom stereocenters. The summed E-state index contributed by atoms with van der Waals surface area (Å²) >= 11 is 0. The minimum absolute atomic E-state index is 0.232. The number of ether oxygens (including phenoxy) is 2. The SMILES string of the molecule is CCNC(C=C(C)C)c1ccc2c(c1)OCCO2. The van der Waals surface area contributed by atoms with Gasteiger partial charge in [-0.3, -0.25) is 0 Å². The molecule has 1 aromatic rings. The van der Waals surface area contributed by atoms with Crippen molar-refractivity contribution in [3.63, 3.8) is 0 Å². The van der Waals surface area contributed by atoms with Crippen LogP contribution in [-0.4, -0.2) is 19.8 Å². The number of hydrogen-bond donors (Lipinski definition) is 1. The molecule has 0 saturated carbocycles. The maximum Gasteiger partial charge on any atom is 0.161 e. The molecule has 1 unspecified atom stereocenters. The smallest absolute Gasteiger partial charge is 0.161 e. The second kappa shape index (κ2) is 5.91. The standard InChI is InChI=1S/C15H21NO2/c1-4-16-13(9-11(2)3)12-5-6-14-15(10-12)18-8-7-17-14/h5-6,9-10,13,16H,4,7-8H2,1-3H3.